The summed E-state index contributed by atoms with van der Waals surface area (Å²) in [5, 5.41) is 11.2. The molecule has 0 saturated carbocycles. The van der Waals surface area contributed by atoms with Crippen molar-refractivity contribution in [2.75, 3.05) is 6.54 Å². The SMILES string of the molecule is C[C@@H]1O[C@H](CN)C(O)C1NC(=O)C(F)(F)F. The van der Waals surface area contributed by atoms with E-state index >= 15 is 0 Å². The van der Waals surface area contributed by atoms with E-state index in [1.165, 1.54) is 6.92 Å². The molecule has 4 N–H and O–H groups in total. The van der Waals surface area contributed by atoms with Crippen LogP contribution in [0.2, 0.25) is 0 Å². The van der Waals surface area contributed by atoms with Gasteiger partial charge in [0, 0.05) is 6.54 Å². The summed E-state index contributed by atoms with van der Waals surface area (Å²) < 4.78 is 41.0. The molecule has 8 heteroatoms. The fourth-order valence-corrected chi connectivity index (χ4v) is 1.58. The molecule has 0 radical (unpaired) electrons. The van der Waals surface area contributed by atoms with Gasteiger partial charge in [-0.15, -0.1) is 0 Å². The number of ether oxygens (including phenoxy) is 1. The number of hydrogen-bond donors (Lipinski definition) is 3. The zero-order valence-corrected chi connectivity index (χ0v) is 8.49. The maximum absolute atomic E-state index is 12.0. The molecule has 0 aromatic heterocycles. The average molecular weight is 242 g/mol. The quantitative estimate of drug-likeness (QED) is 0.588. The largest absolute Gasteiger partial charge is 0.471 e. The smallest absolute Gasteiger partial charge is 0.388 e. The second kappa shape index (κ2) is 4.56. The maximum atomic E-state index is 12.0. The predicted molar refractivity (Wildman–Crippen MR) is 47.4 cm³/mol. The summed E-state index contributed by atoms with van der Waals surface area (Å²) in [6.45, 7) is 1.43. The number of carbonyl (C=O) groups is 1. The number of nitrogens with one attached hydrogen (secondary N) is 1. The fraction of sp³-hybridized carbons (Fsp3) is 0.875. The van der Waals surface area contributed by atoms with E-state index in [0.717, 1.165) is 0 Å². The average Bonchev–Trinajstić information content (AvgIpc) is 2.43. The van der Waals surface area contributed by atoms with Gasteiger partial charge in [0.1, 0.15) is 6.10 Å². The van der Waals surface area contributed by atoms with Crippen LogP contribution in [0, 0.1) is 0 Å². The van der Waals surface area contributed by atoms with Gasteiger partial charge >= 0.3 is 12.1 Å². The van der Waals surface area contributed by atoms with E-state index in [2.05, 4.69) is 0 Å². The molecule has 0 bridgehead atoms. The number of amides is 1. The number of aliphatic hydroxyl groups is 1. The van der Waals surface area contributed by atoms with Crippen molar-refractivity contribution < 1.29 is 27.8 Å². The van der Waals surface area contributed by atoms with Gasteiger partial charge in [-0.3, -0.25) is 4.79 Å². The minimum absolute atomic E-state index is 0.0239. The van der Waals surface area contributed by atoms with E-state index in [1.54, 1.807) is 5.32 Å². The standard InChI is InChI=1S/C8H13F3N2O3/c1-3-5(6(14)4(2-12)16-3)13-7(15)8(9,10)11/h3-6,14H,2,12H2,1H3,(H,13,15)/t3-,4+,5?,6?/m0/s1. The Hall–Kier alpha value is -0.860. The fourth-order valence-electron chi connectivity index (χ4n) is 1.58. The van der Waals surface area contributed by atoms with Crippen LogP contribution in [0.25, 0.3) is 0 Å². The number of hydrogen-bond acceptors (Lipinski definition) is 4. The molecule has 1 aliphatic rings. The van der Waals surface area contributed by atoms with Crippen molar-refractivity contribution in [1.82, 2.24) is 5.32 Å². The highest BCUT2D eigenvalue weighted by Gasteiger charge is 2.46. The third kappa shape index (κ3) is 2.63. The van der Waals surface area contributed by atoms with Crippen LogP contribution >= 0.6 is 0 Å². The highest BCUT2D eigenvalue weighted by molar-refractivity contribution is 5.82. The van der Waals surface area contributed by atoms with Crippen LogP contribution in [0.4, 0.5) is 13.2 Å². The number of aliphatic hydroxyl groups excluding tert-OH is 1. The summed E-state index contributed by atoms with van der Waals surface area (Å²) in [5.74, 6) is -2.09. The Morgan fingerprint density at radius 2 is 2.12 bits per heavy atom. The first-order valence-corrected chi connectivity index (χ1v) is 4.68. The summed E-state index contributed by atoms with van der Waals surface area (Å²) >= 11 is 0. The van der Waals surface area contributed by atoms with Gasteiger partial charge in [0.25, 0.3) is 0 Å². The number of rotatable bonds is 2. The Bertz CT molecular complexity index is 272. The molecule has 94 valence electrons. The second-order valence-electron chi connectivity index (χ2n) is 3.60. The van der Waals surface area contributed by atoms with Crippen molar-refractivity contribution in [2.45, 2.75) is 37.5 Å². The van der Waals surface area contributed by atoms with E-state index in [4.69, 9.17) is 10.5 Å². The van der Waals surface area contributed by atoms with Crippen LogP contribution in [-0.2, 0) is 9.53 Å². The second-order valence-corrected chi connectivity index (χ2v) is 3.60. The molecule has 4 atom stereocenters. The van der Waals surface area contributed by atoms with Crippen LogP contribution in [0.1, 0.15) is 6.92 Å². The number of halogens is 3. The lowest BCUT2D eigenvalue weighted by Crippen LogP contribution is -2.51. The topological polar surface area (TPSA) is 84.6 Å². The first-order valence-electron chi connectivity index (χ1n) is 4.68. The van der Waals surface area contributed by atoms with Crippen LogP contribution < -0.4 is 11.1 Å². The Kier molecular flexibility index (Phi) is 3.76. The molecule has 1 fully saturated rings. The molecule has 2 unspecified atom stereocenters. The summed E-state index contributed by atoms with van der Waals surface area (Å²) in [6.07, 6.45) is -7.67. The lowest BCUT2D eigenvalue weighted by atomic mass is 10.1. The van der Waals surface area contributed by atoms with Crippen molar-refractivity contribution >= 4 is 5.91 Å². The monoisotopic (exact) mass is 242 g/mol. The van der Waals surface area contributed by atoms with Crippen molar-refractivity contribution in [3.05, 3.63) is 0 Å². The molecule has 16 heavy (non-hydrogen) atoms. The first-order chi connectivity index (χ1) is 7.27. The lowest BCUT2D eigenvalue weighted by Gasteiger charge is -2.20. The molecular formula is C8H13F3N2O3. The zero-order chi connectivity index (χ0) is 12.5. The molecule has 5 nitrogen and oxygen atoms in total. The van der Waals surface area contributed by atoms with Gasteiger partial charge in [-0.2, -0.15) is 13.2 Å². The highest BCUT2D eigenvalue weighted by Crippen LogP contribution is 2.22. The van der Waals surface area contributed by atoms with Crippen molar-refractivity contribution in [3.63, 3.8) is 0 Å². The third-order valence-corrected chi connectivity index (χ3v) is 2.43. The summed E-state index contributed by atoms with van der Waals surface area (Å²) in [4.78, 5) is 10.7. The molecule has 1 rings (SSSR count). The van der Waals surface area contributed by atoms with E-state index in [1.807, 2.05) is 0 Å². The first kappa shape index (κ1) is 13.2. The Morgan fingerprint density at radius 3 is 2.50 bits per heavy atom. The summed E-state index contributed by atoms with van der Waals surface area (Å²) in [5.41, 5.74) is 5.25. The third-order valence-electron chi connectivity index (χ3n) is 2.43. The molecule has 0 aliphatic carbocycles. The lowest BCUT2D eigenvalue weighted by molar-refractivity contribution is -0.175. The van der Waals surface area contributed by atoms with Crippen LogP contribution in [0.15, 0.2) is 0 Å². The van der Waals surface area contributed by atoms with Crippen LogP contribution in [0.5, 0.6) is 0 Å². The van der Waals surface area contributed by atoms with E-state index < -0.39 is 36.4 Å². The van der Waals surface area contributed by atoms with Gasteiger partial charge in [0.05, 0.1) is 18.2 Å². The Morgan fingerprint density at radius 1 is 1.56 bits per heavy atom. The Labute approximate surface area is 89.7 Å². The highest BCUT2D eigenvalue weighted by atomic mass is 19.4. The minimum atomic E-state index is -4.97. The number of carbonyl (C=O) groups excluding carboxylic acids is 1. The van der Waals surface area contributed by atoms with Gasteiger partial charge in [-0.1, -0.05) is 0 Å². The molecule has 1 aliphatic heterocycles. The molecule has 0 spiro atoms. The molecule has 1 amide bonds. The molecule has 0 aromatic rings. The van der Waals surface area contributed by atoms with Gasteiger partial charge in [0.2, 0.25) is 0 Å². The summed E-state index contributed by atoms with van der Waals surface area (Å²) in [6, 6.07) is -1.09. The van der Waals surface area contributed by atoms with E-state index in [-0.39, 0.29) is 6.54 Å². The number of nitrogens with two attached hydrogens (primary N) is 1. The van der Waals surface area contributed by atoms with Crippen molar-refractivity contribution in [3.8, 4) is 0 Å². The van der Waals surface area contributed by atoms with Gasteiger partial charge in [0.15, 0.2) is 0 Å². The summed E-state index contributed by atoms with van der Waals surface area (Å²) in [7, 11) is 0. The maximum Gasteiger partial charge on any atom is 0.471 e. The van der Waals surface area contributed by atoms with Gasteiger partial charge in [-0.25, -0.2) is 0 Å². The molecule has 1 heterocycles. The van der Waals surface area contributed by atoms with Gasteiger partial charge in [-0.05, 0) is 6.92 Å². The van der Waals surface area contributed by atoms with Crippen molar-refractivity contribution in [2.24, 2.45) is 5.73 Å². The zero-order valence-electron chi connectivity index (χ0n) is 8.49. The van der Waals surface area contributed by atoms with Crippen molar-refractivity contribution in [1.29, 1.82) is 0 Å². The minimum Gasteiger partial charge on any atom is -0.388 e. The number of alkyl halides is 3. The molecular weight excluding hydrogens is 229 g/mol. The van der Waals surface area contributed by atoms with E-state index in [0.29, 0.717) is 0 Å². The van der Waals surface area contributed by atoms with Crippen LogP contribution in [0.3, 0.4) is 0 Å². The van der Waals surface area contributed by atoms with E-state index in [9.17, 15) is 23.1 Å². The van der Waals surface area contributed by atoms with Gasteiger partial charge < -0.3 is 20.9 Å². The van der Waals surface area contributed by atoms with Crippen LogP contribution in [-0.4, -0.2) is 48.1 Å². The normalized spacial score (nSPS) is 35.1. The molecule has 0 aromatic carbocycles. The Balaban J connectivity index is 2.64. The molecule has 1 saturated heterocycles. The predicted octanol–water partition coefficient (Wildman–Crippen LogP) is -0.860.